The van der Waals surface area contributed by atoms with Gasteiger partial charge in [0.15, 0.2) is 5.78 Å². The van der Waals surface area contributed by atoms with Gasteiger partial charge in [-0.25, -0.2) is 4.39 Å². The summed E-state index contributed by atoms with van der Waals surface area (Å²) in [5.41, 5.74) is 0.195. The number of hydrogen-bond acceptors (Lipinski definition) is 3. The van der Waals surface area contributed by atoms with Gasteiger partial charge in [-0.3, -0.25) is 9.78 Å². The Kier molecular flexibility index (Phi) is 5.74. The highest BCUT2D eigenvalue weighted by molar-refractivity contribution is 5.96. The van der Waals surface area contributed by atoms with Gasteiger partial charge in [0, 0.05) is 24.1 Å². The first kappa shape index (κ1) is 20.2. The minimum Gasteiger partial charge on any atom is -0.294 e. The minimum absolute atomic E-state index is 0.0192. The number of hydrogen-bond donors (Lipinski definition) is 0. The number of rotatable bonds is 5. The van der Waals surface area contributed by atoms with Crippen LogP contribution in [0.1, 0.15) is 45.1 Å². The maximum Gasteiger partial charge on any atom is 0.416 e. The standard InChI is InChI=1S/C22H14F4N2O/c23-19-2-1-11-28-21(19)18(15-7-9-17(10-8-15)22(24,25)26)12-20(29)16-5-3-14(13-27)4-6-16/h1-11,18H,12H2/t18-/m0/s1. The van der Waals surface area contributed by atoms with E-state index in [0.29, 0.717) is 16.7 Å². The first-order chi connectivity index (χ1) is 13.8. The molecule has 0 aliphatic heterocycles. The molecule has 0 saturated heterocycles. The Hall–Kier alpha value is -3.53. The van der Waals surface area contributed by atoms with Crippen molar-refractivity contribution in [2.24, 2.45) is 0 Å². The average molecular weight is 398 g/mol. The molecule has 0 amide bonds. The second-order valence-electron chi connectivity index (χ2n) is 6.36. The molecule has 0 bridgehead atoms. The number of pyridine rings is 1. The normalized spacial score (nSPS) is 12.2. The van der Waals surface area contributed by atoms with Crippen molar-refractivity contribution in [1.82, 2.24) is 4.98 Å². The minimum atomic E-state index is -4.50. The van der Waals surface area contributed by atoms with Gasteiger partial charge < -0.3 is 0 Å². The number of nitrogens with zero attached hydrogens (tertiary/aromatic N) is 2. The topological polar surface area (TPSA) is 53.8 Å². The molecule has 1 heterocycles. The number of alkyl halides is 3. The first-order valence-electron chi connectivity index (χ1n) is 8.60. The summed E-state index contributed by atoms with van der Waals surface area (Å²) < 4.78 is 52.9. The molecule has 1 atom stereocenters. The molecular formula is C22H14F4N2O. The third-order valence-corrected chi connectivity index (χ3v) is 4.48. The second-order valence-corrected chi connectivity index (χ2v) is 6.36. The Balaban J connectivity index is 1.96. The summed E-state index contributed by atoms with van der Waals surface area (Å²) in [7, 11) is 0. The summed E-state index contributed by atoms with van der Waals surface area (Å²) in [4.78, 5) is 16.7. The summed E-state index contributed by atoms with van der Waals surface area (Å²) in [6.45, 7) is 0. The van der Waals surface area contributed by atoms with E-state index in [1.807, 2.05) is 6.07 Å². The fourth-order valence-electron chi connectivity index (χ4n) is 2.97. The van der Waals surface area contributed by atoms with Crippen molar-refractivity contribution < 1.29 is 22.4 Å². The monoisotopic (exact) mass is 398 g/mol. The van der Waals surface area contributed by atoms with Crippen molar-refractivity contribution in [2.45, 2.75) is 18.5 Å². The van der Waals surface area contributed by atoms with Crippen LogP contribution < -0.4 is 0 Å². The van der Waals surface area contributed by atoms with Gasteiger partial charge in [0.1, 0.15) is 5.82 Å². The number of carbonyl (C=O) groups is 1. The maximum atomic E-state index is 14.4. The smallest absolute Gasteiger partial charge is 0.294 e. The van der Waals surface area contributed by atoms with Crippen LogP contribution in [0.2, 0.25) is 0 Å². The van der Waals surface area contributed by atoms with Crippen LogP contribution in [0.4, 0.5) is 17.6 Å². The molecule has 0 spiro atoms. The van der Waals surface area contributed by atoms with Gasteiger partial charge in [-0.05, 0) is 42.0 Å². The van der Waals surface area contributed by atoms with Crippen LogP contribution in [-0.4, -0.2) is 10.8 Å². The highest BCUT2D eigenvalue weighted by Crippen LogP contribution is 2.33. The zero-order chi connectivity index (χ0) is 21.0. The predicted octanol–water partition coefficient (Wildman–Crippen LogP) is 5.52. The van der Waals surface area contributed by atoms with E-state index in [9.17, 15) is 22.4 Å². The Bertz CT molecular complexity index is 1050. The molecule has 1 aromatic heterocycles. The third kappa shape index (κ3) is 4.66. The number of Topliss-reactive ketones (excluding diaryl/α,β-unsaturated/α-hetero) is 1. The fourth-order valence-corrected chi connectivity index (χ4v) is 2.97. The van der Waals surface area contributed by atoms with E-state index >= 15 is 0 Å². The molecule has 7 heteroatoms. The zero-order valence-electron chi connectivity index (χ0n) is 14.9. The Morgan fingerprint density at radius 1 is 1.03 bits per heavy atom. The molecule has 146 valence electrons. The lowest BCUT2D eigenvalue weighted by Gasteiger charge is -2.18. The molecule has 0 unspecified atom stereocenters. The Morgan fingerprint density at radius 3 is 2.24 bits per heavy atom. The van der Waals surface area contributed by atoms with Crippen LogP contribution in [-0.2, 0) is 6.18 Å². The van der Waals surface area contributed by atoms with Gasteiger partial charge >= 0.3 is 6.18 Å². The predicted molar refractivity (Wildman–Crippen MR) is 97.6 cm³/mol. The van der Waals surface area contributed by atoms with E-state index in [4.69, 9.17) is 5.26 Å². The Morgan fingerprint density at radius 2 is 1.69 bits per heavy atom. The van der Waals surface area contributed by atoms with Crippen LogP contribution in [0.5, 0.6) is 0 Å². The molecule has 0 aliphatic rings. The number of halogens is 4. The van der Waals surface area contributed by atoms with Gasteiger partial charge in [0.2, 0.25) is 0 Å². The van der Waals surface area contributed by atoms with Crippen molar-refractivity contribution in [3.05, 3.63) is 101 Å². The molecule has 3 nitrogen and oxygen atoms in total. The van der Waals surface area contributed by atoms with Gasteiger partial charge in [-0.15, -0.1) is 0 Å². The third-order valence-electron chi connectivity index (χ3n) is 4.48. The number of carbonyl (C=O) groups excluding carboxylic acids is 1. The Labute approximate surface area is 164 Å². The summed E-state index contributed by atoms with van der Waals surface area (Å²) in [5, 5.41) is 8.86. The lowest BCUT2D eigenvalue weighted by molar-refractivity contribution is -0.137. The maximum absolute atomic E-state index is 14.4. The summed E-state index contributed by atoms with van der Waals surface area (Å²) in [5.74, 6) is -1.85. The first-order valence-corrected chi connectivity index (χ1v) is 8.60. The van der Waals surface area contributed by atoms with Gasteiger partial charge in [-0.1, -0.05) is 24.3 Å². The van der Waals surface area contributed by atoms with E-state index in [1.165, 1.54) is 54.7 Å². The summed E-state index contributed by atoms with van der Waals surface area (Å²) in [6, 6.07) is 14.7. The van der Waals surface area contributed by atoms with Crippen molar-refractivity contribution in [2.75, 3.05) is 0 Å². The molecule has 0 N–H and O–H groups in total. The van der Waals surface area contributed by atoms with Gasteiger partial charge in [0.25, 0.3) is 0 Å². The van der Waals surface area contributed by atoms with Crippen LogP contribution in [0.25, 0.3) is 0 Å². The molecule has 0 radical (unpaired) electrons. The summed E-state index contributed by atoms with van der Waals surface area (Å²) >= 11 is 0. The number of benzene rings is 2. The van der Waals surface area contributed by atoms with Crippen molar-refractivity contribution >= 4 is 5.78 Å². The average Bonchev–Trinajstić information content (AvgIpc) is 2.72. The molecule has 29 heavy (non-hydrogen) atoms. The van der Waals surface area contributed by atoms with E-state index in [1.54, 1.807) is 0 Å². The fraction of sp³-hybridized carbons (Fsp3) is 0.136. The molecule has 0 fully saturated rings. The molecular weight excluding hydrogens is 384 g/mol. The molecule has 0 saturated carbocycles. The molecule has 0 aliphatic carbocycles. The summed E-state index contributed by atoms with van der Waals surface area (Å²) in [6.07, 6.45) is -3.32. The highest BCUT2D eigenvalue weighted by atomic mass is 19.4. The van der Waals surface area contributed by atoms with E-state index in [-0.39, 0.29) is 17.9 Å². The highest BCUT2D eigenvalue weighted by Gasteiger charge is 2.31. The molecule has 2 aromatic carbocycles. The van der Waals surface area contributed by atoms with Crippen molar-refractivity contribution in [1.29, 1.82) is 5.26 Å². The van der Waals surface area contributed by atoms with Gasteiger partial charge in [-0.2, -0.15) is 18.4 Å². The second kappa shape index (κ2) is 8.23. The van der Waals surface area contributed by atoms with Crippen LogP contribution in [0.3, 0.4) is 0 Å². The SMILES string of the molecule is N#Cc1ccc(C(=O)C[C@@H](c2ccc(C(F)(F)F)cc2)c2ncccc2F)cc1. The molecule has 3 aromatic rings. The van der Waals surface area contributed by atoms with E-state index in [0.717, 1.165) is 12.1 Å². The van der Waals surface area contributed by atoms with E-state index in [2.05, 4.69) is 4.98 Å². The van der Waals surface area contributed by atoms with Crippen molar-refractivity contribution in [3.8, 4) is 6.07 Å². The lowest BCUT2D eigenvalue weighted by atomic mass is 9.87. The number of aromatic nitrogens is 1. The quantitative estimate of drug-likeness (QED) is 0.420. The van der Waals surface area contributed by atoms with E-state index < -0.39 is 23.5 Å². The number of ketones is 1. The zero-order valence-corrected chi connectivity index (χ0v) is 14.9. The largest absolute Gasteiger partial charge is 0.416 e. The van der Waals surface area contributed by atoms with Gasteiger partial charge in [0.05, 0.1) is 22.9 Å². The number of nitriles is 1. The van der Waals surface area contributed by atoms with Crippen LogP contribution >= 0.6 is 0 Å². The van der Waals surface area contributed by atoms with Crippen molar-refractivity contribution in [3.63, 3.8) is 0 Å². The lowest BCUT2D eigenvalue weighted by Crippen LogP contribution is -2.13. The van der Waals surface area contributed by atoms with Crippen LogP contribution in [0, 0.1) is 17.1 Å². The molecule has 3 rings (SSSR count). The van der Waals surface area contributed by atoms with Crippen LogP contribution in [0.15, 0.2) is 66.9 Å².